The molecule has 1 aliphatic heterocycles. The second kappa shape index (κ2) is 10.9. The third-order valence-corrected chi connectivity index (χ3v) is 7.89. The van der Waals surface area contributed by atoms with Crippen LogP contribution >= 0.6 is 11.3 Å². The number of benzene rings is 2. The number of furan rings is 1. The number of anilines is 1. The molecule has 0 radical (unpaired) electrons. The predicted molar refractivity (Wildman–Crippen MR) is 153 cm³/mol. The SMILES string of the molecule is CCOC(=O)C1=C(C)N=c2s/c(=C/c3ccc(N(CC)CC)o3)c(=O)n2[C@H]1c1c(OC)ccc2ccccc12. The molecule has 2 aromatic heterocycles. The maximum atomic E-state index is 14.0. The first kappa shape index (κ1) is 26.5. The summed E-state index contributed by atoms with van der Waals surface area (Å²) in [6, 6.07) is 14.6. The van der Waals surface area contributed by atoms with E-state index in [-0.39, 0.29) is 12.2 Å². The minimum absolute atomic E-state index is 0.201. The molecule has 0 amide bonds. The highest BCUT2D eigenvalue weighted by molar-refractivity contribution is 7.07. The Morgan fingerprint density at radius 1 is 1.13 bits per heavy atom. The van der Waals surface area contributed by atoms with Crippen molar-refractivity contribution in [1.29, 1.82) is 0 Å². The number of methoxy groups -OCH3 is 1. The molecule has 202 valence electrons. The number of esters is 1. The van der Waals surface area contributed by atoms with Crippen LogP contribution in [0.2, 0.25) is 0 Å². The number of fused-ring (bicyclic) bond motifs is 2. The number of carbonyl (C=O) groups excluding carboxylic acids is 1. The Morgan fingerprint density at radius 2 is 1.90 bits per heavy atom. The summed E-state index contributed by atoms with van der Waals surface area (Å²) in [4.78, 5) is 34.7. The van der Waals surface area contributed by atoms with Gasteiger partial charge in [-0.15, -0.1) is 0 Å². The number of hydrogen-bond donors (Lipinski definition) is 0. The van der Waals surface area contributed by atoms with Crippen LogP contribution in [-0.2, 0) is 9.53 Å². The van der Waals surface area contributed by atoms with Crippen LogP contribution in [0.15, 0.2) is 74.0 Å². The fourth-order valence-electron chi connectivity index (χ4n) is 5.05. The zero-order chi connectivity index (χ0) is 27.7. The van der Waals surface area contributed by atoms with E-state index in [2.05, 4.69) is 23.7 Å². The lowest BCUT2D eigenvalue weighted by Crippen LogP contribution is -2.40. The van der Waals surface area contributed by atoms with Crippen molar-refractivity contribution in [2.75, 3.05) is 31.7 Å². The molecule has 1 aliphatic rings. The molecule has 4 aromatic rings. The lowest BCUT2D eigenvalue weighted by molar-refractivity contribution is -0.139. The Balaban J connectivity index is 1.77. The molecule has 3 heterocycles. The molecule has 9 heteroatoms. The lowest BCUT2D eigenvalue weighted by atomic mass is 9.90. The van der Waals surface area contributed by atoms with Crippen LogP contribution in [-0.4, -0.2) is 37.3 Å². The number of carbonyl (C=O) groups is 1. The standard InChI is InChI=1S/C30H31N3O5S/c1-6-32(7-2)24-16-14-20(38-24)17-23-28(34)33-27(25(29(35)37-8-3)18(4)31-30(33)39-23)26-21-12-10-9-11-19(21)13-15-22(26)36-5/h9-17,27H,6-8H2,1-5H3/b23-17+/t27-/m1/s1. The summed E-state index contributed by atoms with van der Waals surface area (Å²) in [7, 11) is 1.59. The Morgan fingerprint density at radius 3 is 2.62 bits per heavy atom. The number of ether oxygens (including phenoxy) is 2. The summed E-state index contributed by atoms with van der Waals surface area (Å²) in [6.45, 7) is 9.49. The Kier molecular flexibility index (Phi) is 7.43. The zero-order valence-corrected chi connectivity index (χ0v) is 23.5. The average molecular weight is 546 g/mol. The highest BCUT2D eigenvalue weighted by atomic mass is 32.1. The molecule has 2 aromatic carbocycles. The van der Waals surface area contributed by atoms with Crippen molar-refractivity contribution in [3.05, 3.63) is 90.8 Å². The number of thiazole rings is 1. The van der Waals surface area contributed by atoms with Crippen LogP contribution in [0.25, 0.3) is 16.8 Å². The van der Waals surface area contributed by atoms with Gasteiger partial charge in [-0.2, -0.15) is 0 Å². The second-order valence-corrected chi connectivity index (χ2v) is 10.1. The molecule has 0 N–H and O–H groups in total. The smallest absolute Gasteiger partial charge is 0.338 e. The highest BCUT2D eigenvalue weighted by Gasteiger charge is 2.36. The fourth-order valence-corrected chi connectivity index (χ4v) is 6.08. The van der Waals surface area contributed by atoms with Crippen molar-refractivity contribution in [2.24, 2.45) is 4.99 Å². The molecule has 0 saturated carbocycles. The van der Waals surface area contributed by atoms with Gasteiger partial charge in [-0.25, -0.2) is 9.79 Å². The number of rotatable bonds is 8. The van der Waals surface area contributed by atoms with Gasteiger partial charge < -0.3 is 18.8 Å². The van der Waals surface area contributed by atoms with E-state index < -0.39 is 12.0 Å². The summed E-state index contributed by atoms with van der Waals surface area (Å²) in [5, 5.41) is 1.84. The van der Waals surface area contributed by atoms with Gasteiger partial charge in [0.15, 0.2) is 10.7 Å². The number of aromatic nitrogens is 1. The van der Waals surface area contributed by atoms with E-state index in [0.29, 0.717) is 37.7 Å². The van der Waals surface area contributed by atoms with Crippen molar-refractivity contribution in [2.45, 2.75) is 33.7 Å². The van der Waals surface area contributed by atoms with Gasteiger partial charge in [-0.05, 0) is 50.6 Å². The van der Waals surface area contributed by atoms with Crippen LogP contribution in [0.4, 0.5) is 5.88 Å². The Labute approximate surface area is 230 Å². The largest absolute Gasteiger partial charge is 0.496 e. The first-order valence-electron chi connectivity index (χ1n) is 13.0. The average Bonchev–Trinajstić information content (AvgIpc) is 3.52. The van der Waals surface area contributed by atoms with E-state index in [0.717, 1.165) is 29.7 Å². The maximum Gasteiger partial charge on any atom is 0.338 e. The molecule has 0 bridgehead atoms. The Hall–Kier alpha value is -4.11. The van der Waals surface area contributed by atoms with Crippen molar-refractivity contribution >= 4 is 40.0 Å². The summed E-state index contributed by atoms with van der Waals surface area (Å²) in [5.74, 6) is 1.38. The van der Waals surface area contributed by atoms with Crippen LogP contribution in [0, 0.1) is 0 Å². The fraction of sp³-hybridized carbons (Fsp3) is 0.300. The molecule has 8 nitrogen and oxygen atoms in total. The molecular formula is C30H31N3O5S. The van der Waals surface area contributed by atoms with Crippen molar-refractivity contribution in [1.82, 2.24) is 4.57 Å². The Bertz CT molecular complexity index is 1760. The van der Waals surface area contributed by atoms with Crippen LogP contribution in [0.3, 0.4) is 0 Å². The normalized spacial score (nSPS) is 15.3. The first-order valence-corrected chi connectivity index (χ1v) is 13.8. The monoisotopic (exact) mass is 545 g/mol. The van der Waals surface area contributed by atoms with Gasteiger partial charge in [-0.1, -0.05) is 41.7 Å². The van der Waals surface area contributed by atoms with Crippen molar-refractivity contribution in [3.8, 4) is 5.75 Å². The summed E-state index contributed by atoms with van der Waals surface area (Å²) >= 11 is 1.26. The molecule has 0 aliphatic carbocycles. The van der Waals surface area contributed by atoms with Crippen LogP contribution in [0.5, 0.6) is 5.75 Å². The number of nitrogens with zero attached hydrogens (tertiary/aromatic N) is 3. The number of allylic oxidation sites excluding steroid dienone is 1. The van der Waals surface area contributed by atoms with Gasteiger partial charge >= 0.3 is 5.97 Å². The molecular weight excluding hydrogens is 514 g/mol. The topological polar surface area (TPSA) is 86.3 Å². The second-order valence-electron chi connectivity index (χ2n) is 9.05. The quantitative estimate of drug-likeness (QED) is 0.305. The molecule has 0 unspecified atom stereocenters. The summed E-state index contributed by atoms with van der Waals surface area (Å²) in [6.07, 6.45) is 1.73. The molecule has 39 heavy (non-hydrogen) atoms. The molecule has 0 fully saturated rings. The van der Waals surface area contributed by atoms with E-state index in [9.17, 15) is 9.59 Å². The molecule has 1 atom stereocenters. The molecule has 0 spiro atoms. The van der Waals surface area contributed by atoms with E-state index in [1.54, 1.807) is 31.6 Å². The van der Waals surface area contributed by atoms with Crippen LogP contribution < -0.4 is 24.5 Å². The third-order valence-electron chi connectivity index (χ3n) is 6.90. The van der Waals surface area contributed by atoms with Gasteiger partial charge in [0.05, 0.1) is 29.5 Å². The van der Waals surface area contributed by atoms with Gasteiger partial charge in [0, 0.05) is 30.8 Å². The van der Waals surface area contributed by atoms with E-state index in [1.165, 1.54) is 11.3 Å². The predicted octanol–water partition coefficient (Wildman–Crippen LogP) is 4.40. The third kappa shape index (κ3) is 4.67. The van der Waals surface area contributed by atoms with Gasteiger partial charge in [-0.3, -0.25) is 9.36 Å². The van der Waals surface area contributed by atoms with Gasteiger partial charge in [0.2, 0.25) is 0 Å². The first-order chi connectivity index (χ1) is 18.9. The minimum Gasteiger partial charge on any atom is -0.496 e. The zero-order valence-electron chi connectivity index (χ0n) is 22.7. The lowest BCUT2D eigenvalue weighted by Gasteiger charge is -2.27. The van der Waals surface area contributed by atoms with E-state index >= 15 is 0 Å². The summed E-state index contributed by atoms with van der Waals surface area (Å²) < 4.78 is 19.3. The van der Waals surface area contributed by atoms with E-state index in [4.69, 9.17) is 13.9 Å². The van der Waals surface area contributed by atoms with Gasteiger partial charge in [0.25, 0.3) is 5.56 Å². The number of hydrogen-bond acceptors (Lipinski definition) is 8. The maximum absolute atomic E-state index is 14.0. The van der Waals surface area contributed by atoms with Crippen molar-refractivity contribution < 1.29 is 18.7 Å². The van der Waals surface area contributed by atoms with E-state index in [1.807, 2.05) is 48.5 Å². The van der Waals surface area contributed by atoms with Crippen molar-refractivity contribution in [3.63, 3.8) is 0 Å². The highest BCUT2D eigenvalue weighted by Crippen LogP contribution is 2.40. The van der Waals surface area contributed by atoms with Crippen LogP contribution in [0.1, 0.15) is 45.1 Å². The van der Waals surface area contributed by atoms with Gasteiger partial charge in [0.1, 0.15) is 17.6 Å². The summed E-state index contributed by atoms with van der Waals surface area (Å²) in [5.41, 5.74) is 1.26. The minimum atomic E-state index is -0.786. The molecule has 5 rings (SSSR count). The molecule has 0 saturated heterocycles.